The SMILES string of the molecule is COc1ccc2c(nnc3c(C=O)c(OC)ccc32)c1C=O. The first-order valence-corrected chi connectivity index (χ1v) is 6.49. The van der Waals surface area contributed by atoms with Gasteiger partial charge in [0.2, 0.25) is 0 Å². The van der Waals surface area contributed by atoms with Gasteiger partial charge < -0.3 is 9.47 Å². The van der Waals surface area contributed by atoms with Crippen molar-refractivity contribution in [2.45, 2.75) is 0 Å². The zero-order chi connectivity index (χ0) is 15.7. The number of benzene rings is 2. The summed E-state index contributed by atoms with van der Waals surface area (Å²) in [6, 6.07) is 6.97. The zero-order valence-corrected chi connectivity index (χ0v) is 12.0. The molecule has 1 heterocycles. The molecule has 0 bridgehead atoms. The topological polar surface area (TPSA) is 78.4 Å². The summed E-state index contributed by atoms with van der Waals surface area (Å²) in [6.07, 6.45) is 1.37. The van der Waals surface area contributed by atoms with Gasteiger partial charge in [0.05, 0.1) is 25.3 Å². The van der Waals surface area contributed by atoms with Crippen LogP contribution in [0.4, 0.5) is 0 Å². The molecule has 0 saturated heterocycles. The first kappa shape index (κ1) is 13.9. The van der Waals surface area contributed by atoms with E-state index in [2.05, 4.69) is 10.2 Å². The molecule has 0 saturated carbocycles. The number of carbonyl (C=O) groups excluding carboxylic acids is 2. The summed E-state index contributed by atoms with van der Waals surface area (Å²) in [7, 11) is 2.97. The number of ether oxygens (including phenoxy) is 2. The van der Waals surface area contributed by atoms with E-state index in [0.29, 0.717) is 46.2 Å². The van der Waals surface area contributed by atoms with Gasteiger partial charge in [-0.15, -0.1) is 10.2 Å². The molecule has 22 heavy (non-hydrogen) atoms. The Balaban J connectivity index is 2.47. The average Bonchev–Trinajstić information content (AvgIpc) is 2.58. The Morgan fingerprint density at radius 1 is 0.773 bits per heavy atom. The molecule has 1 aromatic heterocycles. The van der Waals surface area contributed by atoms with Crippen molar-refractivity contribution in [3.8, 4) is 11.5 Å². The normalized spacial score (nSPS) is 10.6. The Kier molecular flexibility index (Phi) is 3.42. The van der Waals surface area contributed by atoms with Gasteiger partial charge in [0.15, 0.2) is 12.6 Å². The molecule has 3 rings (SSSR count). The summed E-state index contributed by atoms with van der Waals surface area (Å²) in [5.41, 5.74) is 1.53. The molecule has 3 aromatic rings. The Labute approximate surface area is 125 Å². The van der Waals surface area contributed by atoms with Gasteiger partial charge in [-0.3, -0.25) is 9.59 Å². The third-order valence-electron chi connectivity index (χ3n) is 3.57. The molecule has 6 heteroatoms. The predicted molar refractivity (Wildman–Crippen MR) is 80.9 cm³/mol. The first-order chi connectivity index (χ1) is 10.7. The van der Waals surface area contributed by atoms with Crippen molar-refractivity contribution in [1.82, 2.24) is 10.2 Å². The first-order valence-electron chi connectivity index (χ1n) is 6.49. The monoisotopic (exact) mass is 296 g/mol. The molecule has 0 aliphatic rings. The van der Waals surface area contributed by atoms with Crippen LogP contribution in [0.15, 0.2) is 24.3 Å². The molecule has 0 fully saturated rings. The van der Waals surface area contributed by atoms with Gasteiger partial charge in [-0.1, -0.05) is 0 Å². The zero-order valence-electron chi connectivity index (χ0n) is 12.0. The van der Waals surface area contributed by atoms with Gasteiger partial charge >= 0.3 is 0 Å². The minimum absolute atomic E-state index is 0.331. The highest BCUT2D eigenvalue weighted by molar-refractivity contribution is 6.13. The Bertz CT molecular complexity index is 831. The third kappa shape index (κ3) is 1.88. The van der Waals surface area contributed by atoms with E-state index in [1.54, 1.807) is 24.3 Å². The van der Waals surface area contributed by atoms with E-state index in [0.717, 1.165) is 10.8 Å². The minimum atomic E-state index is 0.331. The maximum absolute atomic E-state index is 11.3. The number of aromatic nitrogens is 2. The fraction of sp³-hybridized carbons (Fsp3) is 0.125. The van der Waals surface area contributed by atoms with E-state index in [-0.39, 0.29) is 0 Å². The van der Waals surface area contributed by atoms with Crippen LogP contribution >= 0.6 is 0 Å². The Hall–Kier alpha value is -3.02. The average molecular weight is 296 g/mol. The fourth-order valence-corrected chi connectivity index (χ4v) is 2.51. The molecular weight excluding hydrogens is 284 g/mol. The van der Waals surface area contributed by atoms with Crippen LogP contribution in [0, 0.1) is 0 Å². The summed E-state index contributed by atoms with van der Waals surface area (Å²) in [5, 5.41) is 9.64. The highest BCUT2D eigenvalue weighted by atomic mass is 16.5. The highest BCUT2D eigenvalue weighted by Gasteiger charge is 2.15. The minimum Gasteiger partial charge on any atom is -0.496 e. The molecule has 0 N–H and O–H groups in total. The second-order valence-electron chi connectivity index (χ2n) is 4.59. The lowest BCUT2D eigenvalue weighted by Crippen LogP contribution is -1.99. The predicted octanol–water partition coefficient (Wildman–Crippen LogP) is 2.43. The summed E-state index contributed by atoms with van der Waals surface area (Å²) in [6.45, 7) is 0. The molecule has 0 unspecified atom stereocenters. The van der Waals surface area contributed by atoms with Crippen molar-refractivity contribution in [3.63, 3.8) is 0 Å². The number of hydrogen-bond acceptors (Lipinski definition) is 6. The molecule has 2 aromatic carbocycles. The molecule has 6 nitrogen and oxygen atoms in total. The van der Waals surface area contributed by atoms with Gasteiger partial charge in [0, 0.05) is 10.8 Å². The van der Waals surface area contributed by atoms with Crippen LogP contribution in [0.2, 0.25) is 0 Å². The molecule has 110 valence electrons. The molecule has 0 atom stereocenters. The van der Waals surface area contributed by atoms with Crippen LogP contribution in [0.5, 0.6) is 11.5 Å². The van der Waals surface area contributed by atoms with Crippen molar-refractivity contribution in [1.29, 1.82) is 0 Å². The van der Waals surface area contributed by atoms with Gasteiger partial charge in [-0.25, -0.2) is 0 Å². The van der Waals surface area contributed by atoms with Crippen molar-refractivity contribution >= 4 is 34.4 Å². The van der Waals surface area contributed by atoms with Crippen molar-refractivity contribution < 1.29 is 19.1 Å². The van der Waals surface area contributed by atoms with Gasteiger partial charge in [0.1, 0.15) is 22.5 Å². The van der Waals surface area contributed by atoms with E-state index in [1.807, 2.05) is 0 Å². The van der Waals surface area contributed by atoms with E-state index < -0.39 is 0 Å². The van der Waals surface area contributed by atoms with Crippen LogP contribution in [-0.2, 0) is 0 Å². The number of nitrogens with zero attached hydrogens (tertiary/aromatic N) is 2. The number of fused-ring (bicyclic) bond motifs is 3. The molecule has 0 aliphatic heterocycles. The summed E-state index contributed by atoms with van der Waals surface area (Å²) in [4.78, 5) is 22.7. The van der Waals surface area contributed by atoms with Crippen LogP contribution in [-0.4, -0.2) is 37.0 Å². The van der Waals surface area contributed by atoms with Crippen LogP contribution in [0.3, 0.4) is 0 Å². The van der Waals surface area contributed by atoms with Gasteiger partial charge in [-0.2, -0.15) is 0 Å². The van der Waals surface area contributed by atoms with E-state index in [1.165, 1.54) is 14.2 Å². The molecule has 0 spiro atoms. The lowest BCUT2D eigenvalue weighted by Gasteiger charge is -2.10. The number of aldehydes is 2. The molecule has 0 amide bonds. The number of methoxy groups -OCH3 is 2. The van der Waals surface area contributed by atoms with Gasteiger partial charge in [-0.05, 0) is 24.3 Å². The highest BCUT2D eigenvalue weighted by Crippen LogP contribution is 2.32. The van der Waals surface area contributed by atoms with Crippen LogP contribution < -0.4 is 9.47 Å². The lowest BCUT2D eigenvalue weighted by atomic mass is 10.0. The number of rotatable bonds is 4. The molecule has 0 aliphatic carbocycles. The Morgan fingerprint density at radius 2 is 1.18 bits per heavy atom. The summed E-state index contributed by atoms with van der Waals surface area (Å²) in [5.74, 6) is 0.862. The van der Waals surface area contributed by atoms with E-state index in [4.69, 9.17) is 9.47 Å². The van der Waals surface area contributed by atoms with E-state index >= 15 is 0 Å². The van der Waals surface area contributed by atoms with Crippen molar-refractivity contribution in [2.75, 3.05) is 14.2 Å². The van der Waals surface area contributed by atoms with Gasteiger partial charge in [0.25, 0.3) is 0 Å². The number of hydrogen-bond donors (Lipinski definition) is 0. The standard InChI is InChI=1S/C16H12N2O4/c1-21-13-5-3-9-10-4-6-14(22-2)12(8-20)16(10)18-17-15(9)11(13)7-19/h3-8H,1-2H3. The molecule has 0 radical (unpaired) electrons. The van der Waals surface area contributed by atoms with E-state index in [9.17, 15) is 9.59 Å². The van der Waals surface area contributed by atoms with Crippen molar-refractivity contribution in [3.05, 3.63) is 35.4 Å². The Morgan fingerprint density at radius 3 is 1.50 bits per heavy atom. The smallest absolute Gasteiger partial charge is 0.156 e. The fourth-order valence-electron chi connectivity index (χ4n) is 2.51. The summed E-state index contributed by atoms with van der Waals surface area (Å²) < 4.78 is 10.3. The lowest BCUT2D eigenvalue weighted by molar-refractivity contribution is 0.111. The second kappa shape index (κ2) is 5.40. The maximum atomic E-state index is 11.3. The van der Waals surface area contributed by atoms with Crippen LogP contribution in [0.25, 0.3) is 21.8 Å². The third-order valence-corrected chi connectivity index (χ3v) is 3.57. The second-order valence-corrected chi connectivity index (χ2v) is 4.59. The largest absolute Gasteiger partial charge is 0.496 e. The maximum Gasteiger partial charge on any atom is 0.156 e. The number of carbonyl (C=O) groups is 2. The van der Waals surface area contributed by atoms with Crippen LogP contribution in [0.1, 0.15) is 20.7 Å². The van der Waals surface area contributed by atoms with Crippen molar-refractivity contribution in [2.24, 2.45) is 0 Å². The molecular formula is C16H12N2O4. The quantitative estimate of drug-likeness (QED) is 0.543. The summed E-state index contributed by atoms with van der Waals surface area (Å²) >= 11 is 0.